The number of hydrogen-bond acceptors (Lipinski definition) is 5. The molecule has 1 aliphatic carbocycles. The van der Waals surface area contributed by atoms with E-state index in [2.05, 4.69) is 15.3 Å². The van der Waals surface area contributed by atoms with Crippen LogP contribution in [-0.4, -0.2) is 32.1 Å². The Morgan fingerprint density at radius 3 is 2.39 bits per heavy atom. The van der Waals surface area contributed by atoms with E-state index in [0.717, 1.165) is 16.8 Å². The number of carbonyl (C=O) groups is 2. The van der Waals surface area contributed by atoms with Gasteiger partial charge >= 0.3 is 11.9 Å². The highest BCUT2D eigenvalue weighted by Gasteiger charge is 2.50. The second-order valence-electron chi connectivity index (χ2n) is 7.69. The lowest BCUT2D eigenvalue weighted by Crippen LogP contribution is -2.45. The van der Waals surface area contributed by atoms with Crippen LogP contribution in [0, 0.1) is 19.3 Å². The molecule has 0 saturated carbocycles. The van der Waals surface area contributed by atoms with Crippen LogP contribution < -0.4 is 5.32 Å². The van der Waals surface area contributed by atoms with Crippen molar-refractivity contribution in [2.75, 3.05) is 5.32 Å². The number of nitrogens with one attached hydrogen (secondary N) is 1. The maximum absolute atomic E-state index is 12.2. The number of rotatable bonds is 5. The number of allylic oxidation sites excluding steroid dienone is 1. The zero-order valence-electron chi connectivity index (χ0n) is 16.1. The molecule has 0 radical (unpaired) electrons. The van der Waals surface area contributed by atoms with Gasteiger partial charge in [-0.3, -0.25) is 9.59 Å². The molecule has 7 nitrogen and oxygen atoms in total. The summed E-state index contributed by atoms with van der Waals surface area (Å²) in [4.78, 5) is 32.6. The first-order valence-corrected chi connectivity index (χ1v) is 8.98. The van der Waals surface area contributed by atoms with Crippen LogP contribution in [0.15, 0.2) is 42.6 Å². The van der Waals surface area contributed by atoms with Gasteiger partial charge in [-0.2, -0.15) is 0 Å². The summed E-state index contributed by atoms with van der Waals surface area (Å²) in [6.45, 7) is 5.52. The van der Waals surface area contributed by atoms with Crippen molar-refractivity contribution >= 4 is 23.6 Å². The summed E-state index contributed by atoms with van der Waals surface area (Å²) >= 11 is 0. The topological polar surface area (TPSA) is 112 Å². The number of benzene rings is 1. The minimum Gasteiger partial charge on any atom is -0.481 e. The molecule has 0 aliphatic heterocycles. The molecule has 0 amide bonds. The zero-order chi connectivity index (χ0) is 20.5. The summed E-state index contributed by atoms with van der Waals surface area (Å²) in [6, 6.07) is 7.45. The van der Waals surface area contributed by atoms with E-state index < -0.39 is 22.8 Å². The van der Waals surface area contributed by atoms with Crippen LogP contribution >= 0.6 is 0 Å². The standard InChI is InChI=1S/C21H23N3O4/c1-13-9-14(2)11-15(10-13)23-19-22-8-5-16(24-19)21(18(27)28)7-4-6-20(3,12-21)17(25)26/h4-5,7-11H,6,12H2,1-3H3,(H,25,26)(H,27,28)(H,22,23,24). The molecule has 0 fully saturated rings. The van der Waals surface area contributed by atoms with Crippen molar-refractivity contribution in [2.24, 2.45) is 5.41 Å². The van der Waals surface area contributed by atoms with E-state index in [1.54, 1.807) is 19.1 Å². The normalized spacial score (nSPS) is 24.0. The molecule has 1 aromatic heterocycles. The van der Waals surface area contributed by atoms with Gasteiger partial charge in [0, 0.05) is 11.9 Å². The molecule has 1 aliphatic rings. The SMILES string of the molecule is Cc1cc(C)cc(Nc2nccc(C3(C(=O)O)C=CCC(C)(C(=O)O)C3)n2)c1. The van der Waals surface area contributed by atoms with Gasteiger partial charge in [-0.05, 0) is 62.9 Å². The van der Waals surface area contributed by atoms with Gasteiger partial charge in [0.25, 0.3) is 0 Å². The molecule has 0 spiro atoms. The van der Waals surface area contributed by atoms with Gasteiger partial charge in [0.05, 0.1) is 11.1 Å². The van der Waals surface area contributed by atoms with Crippen LogP contribution in [-0.2, 0) is 15.0 Å². The van der Waals surface area contributed by atoms with Gasteiger partial charge in [-0.25, -0.2) is 9.97 Å². The van der Waals surface area contributed by atoms with E-state index in [9.17, 15) is 19.8 Å². The van der Waals surface area contributed by atoms with Gasteiger partial charge < -0.3 is 15.5 Å². The predicted molar refractivity (Wildman–Crippen MR) is 105 cm³/mol. The lowest BCUT2D eigenvalue weighted by molar-refractivity contribution is -0.152. The summed E-state index contributed by atoms with van der Waals surface area (Å²) in [5, 5.41) is 22.7. The Labute approximate surface area is 163 Å². The van der Waals surface area contributed by atoms with Crippen LogP contribution in [0.4, 0.5) is 11.6 Å². The highest BCUT2D eigenvalue weighted by molar-refractivity contribution is 5.86. The molecule has 0 bridgehead atoms. The largest absolute Gasteiger partial charge is 0.481 e. The van der Waals surface area contributed by atoms with Crippen LogP contribution in [0.3, 0.4) is 0 Å². The number of aliphatic carboxylic acids is 2. The van der Waals surface area contributed by atoms with Crippen molar-refractivity contribution in [3.63, 3.8) is 0 Å². The number of carboxylic acid groups (broad SMARTS) is 2. The molecule has 2 aromatic rings. The quantitative estimate of drug-likeness (QED) is 0.678. The molecule has 1 aromatic carbocycles. The third-order valence-electron chi connectivity index (χ3n) is 5.13. The fourth-order valence-electron chi connectivity index (χ4n) is 3.71. The summed E-state index contributed by atoms with van der Waals surface area (Å²) in [7, 11) is 0. The zero-order valence-corrected chi connectivity index (χ0v) is 16.1. The summed E-state index contributed by atoms with van der Waals surface area (Å²) in [5.74, 6) is -1.89. The average Bonchev–Trinajstić information content (AvgIpc) is 2.60. The Morgan fingerprint density at radius 2 is 1.79 bits per heavy atom. The van der Waals surface area contributed by atoms with Crippen LogP contribution in [0.5, 0.6) is 0 Å². The van der Waals surface area contributed by atoms with E-state index in [-0.39, 0.29) is 24.5 Å². The predicted octanol–water partition coefficient (Wildman–Crippen LogP) is 3.60. The molecule has 3 rings (SSSR count). The monoisotopic (exact) mass is 381 g/mol. The summed E-state index contributed by atoms with van der Waals surface area (Å²) in [5.41, 5.74) is 0.507. The highest BCUT2D eigenvalue weighted by atomic mass is 16.4. The molecular weight excluding hydrogens is 358 g/mol. The van der Waals surface area contributed by atoms with Crippen molar-refractivity contribution in [1.82, 2.24) is 9.97 Å². The van der Waals surface area contributed by atoms with Crippen LogP contribution in [0.2, 0.25) is 0 Å². The van der Waals surface area contributed by atoms with Crippen LogP contribution in [0.25, 0.3) is 0 Å². The molecule has 3 N–H and O–H groups in total. The maximum atomic E-state index is 12.2. The number of carboxylic acids is 2. The Balaban J connectivity index is 2.01. The van der Waals surface area contributed by atoms with Gasteiger partial charge in [0.1, 0.15) is 5.41 Å². The molecule has 146 valence electrons. The first-order valence-electron chi connectivity index (χ1n) is 8.98. The lowest BCUT2D eigenvalue weighted by atomic mass is 9.65. The smallest absolute Gasteiger partial charge is 0.319 e. The van der Waals surface area contributed by atoms with Gasteiger partial charge in [0.2, 0.25) is 5.95 Å². The minimum atomic E-state index is -1.52. The van der Waals surface area contributed by atoms with Crippen molar-refractivity contribution < 1.29 is 19.8 Å². The third-order valence-corrected chi connectivity index (χ3v) is 5.13. The van der Waals surface area contributed by atoms with Crippen LogP contribution in [0.1, 0.15) is 36.6 Å². The average molecular weight is 381 g/mol. The molecule has 1 heterocycles. The Bertz CT molecular complexity index is 952. The summed E-state index contributed by atoms with van der Waals surface area (Å²) in [6.07, 6.45) is 4.84. The number of aryl methyl sites for hydroxylation is 2. The summed E-state index contributed by atoms with van der Waals surface area (Å²) < 4.78 is 0. The highest BCUT2D eigenvalue weighted by Crippen LogP contribution is 2.44. The second kappa shape index (κ2) is 7.07. The van der Waals surface area contributed by atoms with E-state index in [1.165, 1.54) is 12.3 Å². The Kier molecular flexibility index (Phi) is 4.93. The van der Waals surface area contributed by atoms with E-state index in [0.29, 0.717) is 0 Å². The fourth-order valence-corrected chi connectivity index (χ4v) is 3.71. The maximum Gasteiger partial charge on any atom is 0.319 e. The van der Waals surface area contributed by atoms with Crippen molar-refractivity contribution in [3.05, 3.63) is 59.4 Å². The van der Waals surface area contributed by atoms with Gasteiger partial charge in [-0.15, -0.1) is 0 Å². The van der Waals surface area contributed by atoms with E-state index in [4.69, 9.17) is 0 Å². The third kappa shape index (κ3) is 3.60. The Hall–Kier alpha value is -3.22. The molecular formula is C21H23N3O4. The van der Waals surface area contributed by atoms with E-state index >= 15 is 0 Å². The van der Waals surface area contributed by atoms with Crippen molar-refractivity contribution in [1.29, 1.82) is 0 Å². The number of nitrogens with zero attached hydrogens (tertiary/aromatic N) is 2. The van der Waals surface area contributed by atoms with E-state index in [1.807, 2.05) is 32.0 Å². The van der Waals surface area contributed by atoms with Crippen molar-refractivity contribution in [3.8, 4) is 0 Å². The van der Waals surface area contributed by atoms with Crippen molar-refractivity contribution in [2.45, 2.75) is 39.0 Å². The number of aromatic nitrogens is 2. The number of hydrogen-bond donors (Lipinski definition) is 3. The molecule has 28 heavy (non-hydrogen) atoms. The molecule has 2 atom stereocenters. The fraction of sp³-hybridized carbons (Fsp3) is 0.333. The number of anilines is 2. The first-order chi connectivity index (χ1) is 13.1. The molecule has 2 unspecified atom stereocenters. The molecule has 0 saturated heterocycles. The molecule has 7 heteroatoms. The minimum absolute atomic E-state index is 0.0822. The first kappa shape index (κ1) is 19.5. The lowest BCUT2D eigenvalue weighted by Gasteiger charge is -2.37. The van der Waals surface area contributed by atoms with Gasteiger partial charge in [0.15, 0.2) is 0 Å². The Morgan fingerprint density at radius 1 is 1.11 bits per heavy atom. The second-order valence-corrected chi connectivity index (χ2v) is 7.69. The van der Waals surface area contributed by atoms with Gasteiger partial charge in [-0.1, -0.05) is 18.2 Å².